The highest BCUT2D eigenvalue weighted by molar-refractivity contribution is 5.87. The maximum atomic E-state index is 14.9. The number of carbonyl (C=O) groups excluding carboxylic acids is 1. The molecule has 2 fully saturated rings. The third-order valence-electron chi connectivity index (χ3n) is 9.39. The highest BCUT2D eigenvalue weighted by Crippen LogP contribution is 2.45. The molecule has 0 radical (unpaired) electrons. The minimum absolute atomic E-state index is 0.142. The van der Waals surface area contributed by atoms with Gasteiger partial charge in [-0.05, 0) is 68.7 Å². The number of aryl methyl sites for hydroxylation is 1. The number of nitro benzene ring substituents is 1. The molecule has 2 aliphatic rings. The summed E-state index contributed by atoms with van der Waals surface area (Å²) < 4.78 is 68.6. The van der Waals surface area contributed by atoms with Crippen molar-refractivity contribution in [1.29, 1.82) is 0 Å². The summed E-state index contributed by atoms with van der Waals surface area (Å²) in [6, 6.07) is 7.28. The van der Waals surface area contributed by atoms with Gasteiger partial charge < -0.3 is 28.6 Å². The number of carbonyl (C=O) groups is 1. The van der Waals surface area contributed by atoms with Gasteiger partial charge in [-0.15, -0.1) is 0 Å². The van der Waals surface area contributed by atoms with Gasteiger partial charge in [0.25, 0.3) is 5.69 Å². The number of benzene rings is 2. The number of hydrogen-bond acceptors (Lipinski definition) is 9. The normalized spacial score (nSPS) is 17.5. The number of nitrogens with zero attached hydrogens (tertiary/aromatic N) is 3. The first-order chi connectivity index (χ1) is 22.9. The fourth-order valence-electron chi connectivity index (χ4n) is 6.51. The summed E-state index contributed by atoms with van der Waals surface area (Å²) in [5.74, 6) is 1.12. The van der Waals surface area contributed by atoms with E-state index in [-0.39, 0.29) is 54.1 Å². The Morgan fingerprint density at radius 2 is 1.73 bits per heavy atom. The van der Waals surface area contributed by atoms with E-state index in [2.05, 4.69) is 0 Å². The molecule has 0 amide bonds. The van der Waals surface area contributed by atoms with E-state index in [1.807, 2.05) is 0 Å². The molecule has 1 aliphatic carbocycles. The molecular weight excluding hydrogens is 635 g/mol. The molecule has 2 heterocycles. The second-order valence-corrected chi connectivity index (χ2v) is 12.5. The van der Waals surface area contributed by atoms with Crippen molar-refractivity contribution in [2.45, 2.75) is 76.3 Å². The zero-order valence-electron chi connectivity index (χ0n) is 27.4. The van der Waals surface area contributed by atoms with Crippen LogP contribution in [0.3, 0.4) is 0 Å². The van der Waals surface area contributed by atoms with Gasteiger partial charge in [-0.3, -0.25) is 19.8 Å². The van der Waals surface area contributed by atoms with Crippen LogP contribution in [0.2, 0.25) is 0 Å². The Morgan fingerprint density at radius 3 is 2.27 bits per heavy atom. The van der Waals surface area contributed by atoms with E-state index in [9.17, 15) is 33.2 Å². The predicted octanol–water partition coefficient (Wildman–Crippen LogP) is 6.16. The maximum Gasteiger partial charge on any atom is 0.422 e. The van der Waals surface area contributed by atoms with Crippen LogP contribution >= 0.6 is 0 Å². The van der Waals surface area contributed by atoms with Crippen molar-refractivity contribution in [3.8, 4) is 17.2 Å². The third kappa shape index (κ3) is 7.49. The van der Waals surface area contributed by atoms with E-state index in [1.165, 1.54) is 38.6 Å². The Bertz CT molecular complexity index is 1590. The molecule has 3 aromatic rings. The van der Waals surface area contributed by atoms with E-state index < -0.39 is 23.2 Å². The molecule has 1 unspecified atom stereocenters. The molecule has 1 aromatic heterocycles. The second-order valence-electron chi connectivity index (χ2n) is 12.5. The van der Waals surface area contributed by atoms with Crippen LogP contribution in [0.25, 0.3) is 10.9 Å². The number of rotatable bonds is 14. The monoisotopic (exact) mass is 677 g/mol. The van der Waals surface area contributed by atoms with Crippen LogP contribution in [0.1, 0.15) is 56.6 Å². The summed E-state index contributed by atoms with van der Waals surface area (Å²) in [6.45, 7) is 2.20. The molecule has 262 valence electrons. The summed E-state index contributed by atoms with van der Waals surface area (Å²) in [6.07, 6.45) is 0.180. The quantitative estimate of drug-likeness (QED) is 0.121. The number of β-amino-alcohol motifs (C(OH)–C–C–N with tert-alkyl or cyclic N) is 1. The number of ether oxygens (including phenoxy) is 4. The Balaban J connectivity index is 1.32. The molecule has 1 atom stereocenters. The second kappa shape index (κ2) is 14.6. The minimum Gasteiger partial charge on any atom is -0.493 e. The molecule has 48 heavy (non-hydrogen) atoms. The minimum atomic E-state index is -5.02. The van der Waals surface area contributed by atoms with E-state index in [1.54, 1.807) is 28.5 Å². The Kier molecular flexibility index (Phi) is 10.7. The van der Waals surface area contributed by atoms with Crippen LogP contribution in [0, 0.1) is 16.0 Å². The fourth-order valence-corrected chi connectivity index (χ4v) is 6.51. The van der Waals surface area contributed by atoms with Crippen molar-refractivity contribution < 1.29 is 46.9 Å². The standard InChI is InChI=1S/C34H42F3N3O8/c1-4-47-31(41)11-8-23-16-29(45-2)32(30(17-23)46-3)48-25-12-14-38(15-13-25)21-33(42,34(35,36)37)27-20-39(19-22-6-5-7-22)28-18-24(40(43)44)9-10-26(27)28/h9-10,16-18,20,22,25,42H,4-8,11-15,19,21H2,1-3H3. The number of aliphatic hydroxyl groups is 1. The maximum absolute atomic E-state index is 14.9. The van der Waals surface area contributed by atoms with Crippen molar-refractivity contribution in [3.05, 3.63) is 57.8 Å². The first-order valence-electron chi connectivity index (χ1n) is 16.2. The van der Waals surface area contributed by atoms with Gasteiger partial charge >= 0.3 is 12.1 Å². The van der Waals surface area contributed by atoms with Gasteiger partial charge in [0.2, 0.25) is 11.4 Å². The predicted molar refractivity (Wildman–Crippen MR) is 170 cm³/mol. The first kappa shape index (κ1) is 35.3. The van der Waals surface area contributed by atoms with Crippen molar-refractivity contribution >= 4 is 22.6 Å². The lowest BCUT2D eigenvalue weighted by Crippen LogP contribution is -2.53. The Labute approximate surface area is 276 Å². The van der Waals surface area contributed by atoms with Gasteiger partial charge in [-0.25, -0.2) is 0 Å². The number of hydrogen-bond donors (Lipinski definition) is 1. The molecule has 0 spiro atoms. The molecule has 14 heteroatoms. The van der Waals surface area contributed by atoms with Crippen molar-refractivity contribution in [1.82, 2.24) is 9.47 Å². The van der Waals surface area contributed by atoms with Gasteiger partial charge in [0, 0.05) is 61.9 Å². The number of esters is 1. The van der Waals surface area contributed by atoms with E-state index in [4.69, 9.17) is 18.9 Å². The molecule has 5 rings (SSSR count). The number of methoxy groups -OCH3 is 2. The summed E-state index contributed by atoms with van der Waals surface area (Å²) in [7, 11) is 2.97. The van der Waals surface area contributed by atoms with Gasteiger partial charge in [0.05, 0.1) is 31.3 Å². The average molecular weight is 678 g/mol. The summed E-state index contributed by atoms with van der Waals surface area (Å²) in [5.41, 5.74) is -2.66. The van der Waals surface area contributed by atoms with Crippen LogP contribution < -0.4 is 14.2 Å². The number of piperidine rings is 1. The van der Waals surface area contributed by atoms with Crippen molar-refractivity contribution in [2.75, 3.05) is 40.5 Å². The lowest BCUT2D eigenvalue weighted by Gasteiger charge is -2.39. The number of halogens is 3. The van der Waals surface area contributed by atoms with Crippen LogP contribution in [0.15, 0.2) is 36.5 Å². The molecule has 1 saturated carbocycles. The lowest BCUT2D eigenvalue weighted by molar-refractivity contribution is -0.384. The Morgan fingerprint density at radius 1 is 1.06 bits per heavy atom. The van der Waals surface area contributed by atoms with Gasteiger partial charge in [0.15, 0.2) is 11.5 Å². The van der Waals surface area contributed by atoms with Gasteiger partial charge in [0.1, 0.15) is 6.10 Å². The number of likely N-dealkylation sites (tertiary alicyclic amines) is 1. The lowest BCUT2D eigenvalue weighted by atomic mass is 9.85. The number of alkyl halides is 3. The van der Waals surface area contributed by atoms with Crippen LogP contribution in [-0.4, -0.2) is 78.2 Å². The van der Waals surface area contributed by atoms with Crippen LogP contribution in [0.4, 0.5) is 18.9 Å². The van der Waals surface area contributed by atoms with Gasteiger partial charge in [-0.2, -0.15) is 13.2 Å². The summed E-state index contributed by atoms with van der Waals surface area (Å²) >= 11 is 0. The zero-order valence-corrected chi connectivity index (χ0v) is 27.4. The first-order valence-corrected chi connectivity index (χ1v) is 16.2. The summed E-state index contributed by atoms with van der Waals surface area (Å²) in [5, 5.41) is 23.2. The molecule has 2 aromatic carbocycles. The van der Waals surface area contributed by atoms with Crippen molar-refractivity contribution in [2.24, 2.45) is 5.92 Å². The SMILES string of the molecule is CCOC(=O)CCc1cc(OC)c(OC2CCN(CC(O)(c3cn(CC4CCC4)c4cc([N+](=O)[O-])ccc34)C(F)(F)F)CC2)c(OC)c1. The number of non-ortho nitro benzene ring substituents is 1. The average Bonchev–Trinajstić information content (AvgIpc) is 3.40. The topological polar surface area (TPSA) is 126 Å². The number of nitro groups is 1. The summed E-state index contributed by atoms with van der Waals surface area (Å²) in [4.78, 5) is 24.3. The smallest absolute Gasteiger partial charge is 0.422 e. The van der Waals surface area contributed by atoms with E-state index in [0.717, 1.165) is 24.8 Å². The molecule has 0 bridgehead atoms. The molecule has 11 nitrogen and oxygen atoms in total. The third-order valence-corrected chi connectivity index (χ3v) is 9.39. The Hall–Kier alpha value is -4.04. The fraction of sp³-hybridized carbons (Fsp3) is 0.559. The van der Waals surface area contributed by atoms with E-state index in [0.29, 0.717) is 55.2 Å². The highest BCUT2D eigenvalue weighted by Gasteiger charge is 2.57. The molecule has 1 N–H and O–H groups in total. The number of aromatic nitrogens is 1. The molecule has 1 aliphatic heterocycles. The largest absolute Gasteiger partial charge is 0.493 e. The van der Waals surface area contributed by atoms with Gasteiger partial charge in [-0.1, -0.05) is 6.42 Å². The number of fused-ring (bicyclic) bond motifs is 1. The van der Waals surface area contributed by atoms with Crippen LogP contribution in [0.5, 0.6) is 17.2 Å². The van der Waals surface area contributed by atoms with Crippen molar-refractivity contribution in [3.63, 3.8) is 0 Å². The van der Waals surface area contributed by atoms with E-state index >= 15 is 0 Å². The molecular formula is C34H42F3N3O8. The van der Waals surface area contributed by atoms with Crippen LogP contribution in [-0.2, 0) is 28.1 Å². The zero-order chi connectivity index (χ0) is 34.6. The molecule has 1 saturated heterocycles. The highest BCUT2D eigenvalue weighted by atomic mass is 19.4.